The topological polar surface area (TPSA) is 60.9 Å². The van der Waals surface area contributed by atoms with Gasteiger partial charge in [0, 0.05) is 12.5 Å². The number of carbonyl (C=O) groups excluding carboxylic acids is 1. The third-order valence-electron chi connectivity index (χ3n) is 3.56. The first-order valence-corrected chi connectivity index (χ1v) is 8.26. The molecule has 0 amide bonds. The maximum Gasteiger partial charge on any atom is 0.182 e. The number of ketones is 1. The maximum atomic E-state index is 12.4. The standard InChI is InChI=1S/C15H26BrN3O/c1-4-5-12(8-9-17)6-7-14(20)15-13(16)10-18-19(15)11(2)3/h10-12H,4-9,17H2,1-3H3. The van der Waals surface area contributed by atoms with Gasteiger partial charge in [-0.1, -0.05) is 19.8 Å². The quantitative estimate of drug-likeness (QED) is 0.690. The first-order valence-electron chi connectivity index (χ1n) is 7.47. The van der Waals surface area contributed by atoms with Crippen molar-refractivity contribution in [2.75, 3.05) is 6.54 Å². The van der Waals surface area contributed by atoms with E-state index >= 15 is 0 Å². The molecule has 5 heteroatoms. The highest BCUT2D eigenvalue weighted by Crippen LogP contribution is 2.24. The van der Waals surface area contributed by atoms with Crippen LogP contribution in [0, 0.1) is 5.92 Å². The molecule has 2 N–H and O–H groups in total. The van der Waals surface area contributed by atoms with Crippen molar-refractivity contribution in [3.8, 4) is 0 Å². The molecule has 0 aliphatic carbocycles. The Labute approximate surface area is 130 Å². The van der Waals surface area contributed by atoms with Crippen molar-refractivity contribution in [1.29, 1.82) is 0 Å². The molecule has 0 aliphatic rings. The van der Waals surface area contributed by atoms with Crippen LogP contribution in [0.1, 0.15) is 69.4 Å². The Morgan fingerprint density at radius 2 is 2.10 bits per heavy atom. The summed E-state index contributed by atoms with van der Waals surface area (Å²) in [6.07, 6.45) is 6.49. The smallest absolute Gasteiger partial charge is 0.182 e. The van der Waals surface area contributed by atoms with Crippen molar-refractivity contribution in [3.63, 3.8) is 0 Å². The fraction of sp³-hybridized carbons (Fsp3) is 0.733. The molecule has 1 atom stereocenters. The van der Waals surface area contributed by atoms with Gasteiger partial charge in [0.1, 0.15) is 5.69 Å². The number of rotatable bonds is 9. The SMILES string of the molecule is CCCC(CCN)CCC(=O)c1c(Br)cnn1C(C)C. The van der Waals surface area contributed by atoms with E-state index in [0.717, 1.165) is 30.2 Å². The van der Waals surface area contributed by atoms with E-state index in [9.17, 15) is 4.79 Å². The summed E-state index contributed by atoms with van der Waals surface area (Å²) in [6, 6.07) is 0.190. The van der Waals surface area contributed by atoms with Crippen LogP contribution >= 0.6 is 15.9 Å². The van der Waals surface area contributed by atoms with Gasteiger partial charge >= 0.3 is 0 Å². The minimum absolute atomic E-state index is 0.168. The van der Waals surface area contributed by atoms with Crippen molar-refractivity contribution in [1.82, 2.24) is 9.78 Å². The van der Waals surface area contributed by atoms with Crippen molar-refractivity contribution in [2.24, 2.45) is 11.7 Å². The first-order chi connectivity index (χ1) is 9.51. The van der Waals surface area contributed by atoms with Crippen molar-refractivity contribution < 1.29 is 4.79 Å². The highest BCUT2D eigenvalue weighted by atomic mass is 79.9. The predicted octanol–water partition coefficient (Wildman–Crippen LogP) is 3.95. The van der Waals surface area contributed by atoms with Crippen LogP contribution in [0.15, 0.2) is 10.7 Å². The van der Waals surface area contributed by atoms with Gasteiger partial charge in [0.25, 0.3) is 0 Å². The predicted molar refractivity (Wildman–Crippen MR) is 85.9 cm³/mol. The second kappa shape index (κ2) is 8.57. The van der Waals surface area contributed by atoms with Crippen molar-refractivity contribution >= 4 is 21.7 Å². The number of hydrogen-bond acceptors (Lipinski definition) is 3. The van der Waals surface area contributed by atoms with E-state index in [4.69, 9.17) is 5.73 Å². The normalized spacial score (nSPS) is 12.9. The molecule has 0 saturated heterocycles. The number of Topliss-reactive ketones (excluding diaryl/α,β-unsaturated/α-hetero) is 1. The summed E-state index contributed by atoms with van der Waals surface area (Å²) in [5.41, 5.74) is 6.34. The van der Waals surface area contributed by atoms with Crippen LogP contribution in [0.3, 0.4) is 0 Å². The molecule has 4 nitrogen and oxygen atoms in total. The zero-order valence-corrected chi connectivity index (χ0v) is 14.3. The van der Waals surface area contributed by atoms with Gasteiger partial charge in [0.2, 0.25) is 0 Å². The van der Waals surface area contributed by atoms with Crippen LogP contribution in [-0.4, -0.2) is 22.1 Å². The average Bonchev–Trinajstić information content (AvgIpc) is 2.78. The second-order valence-electron chi connectivity index (χ2n) is 5.57. The van der Waals surface area contributed by atoms with Gasteiger partial charge in [0.05, 0.1) is 10.7 Å². The van der Waals surface area contributed by atoms with E-state index < -0.39 is 0 Å². The van der Waals surface area contributed by atoms with E-state index in [1.807, 2.05) is 13.8 Å². The summed E-state index contributed by atoms with van der Waals surface area (Å²) in [7, 11) is 0. The fourth-order valence-corrected chi connectivity index (χ4v) is 3.02. The van der Waals surface area contributed by atoms with E-state index in [2.05, 4.69) is 28.0 Å². The van der Waals surface area contributed by atoms with E-state index in [-0.39, 0.29) is 11.8 Å². The molecule has 1 heterocycles. The molecule has 0 saturated carbocycles. The van der Waals surface area contributed by atoms with Crippen molar-refractivity contribution in [3.05, 3.63) is 16.4 Å². The van der Waals surface area contributed by atoms with Gasteiger partial charge in [-0.2, -0.15) is 5.10 Å². The van der Waals surface area contributed by atoms with E-state index in [1.54, 1.807) is 10.9 Å². The lowest BCUT2D eigenvalue weighted by Gasteiger charge is -2.15. The average molecular weight is 344 g/mol. The summed E-state index contributed by atoms with van der Waals surface area (Å²) >= 11 is 3.43. The molecule has 1 rings (SSSR count). The molecule has 0 fully saturated rings. The minimum atomic E-state index is 0.168. The summed E-state index contributed by atoms with van der Waals surface area (Å²) in [6.45, 7) is 6.94. The highest BCUT2D eigenvalue weighted by Gasteiger charge is 2.19. The Morgan fingerprint density at radius 1 is 1.40 bits per heavy atom. The molecule has 0 aromatic carbocycles. The Hall–Kier alpha value is -0.680. The molecular formula is C15H26BrN3O. The molecule has 114 valence electrons. The number of aromatic nitrogens is 2. The molecule has 1 aromatic rings. The summed E-state index contributed by atoms with van der Waals surface area (Å²) in [5, 5.41) is 4.27. The van der Waals surface area contributed by atoms with Crippen LogP contribution in [0.5, 0.6) is 0 Å². The molecule has 1 aromatic heterocycles. The Balaban J connectivity index is 2.69. The number of carbonyl (C=O) groups is 1. The molecule has 0 bridgehead atoms. The molecule has 0 aliphatic heterocycles. The van der Waals surface area contributed by atoms with Crippen LogP contribution in [0.2, 0.25) is 0 Å². The minimum Gasteiger partial charge on any atom is -0.330 e. The van der Waals surface area contributed by atoms with Gasteiger partial charge in [-0.3, -0.25) is 9.48 Å². The van der Waals surface area contributed by atoms with E-state index in [1.165, 1.54) is 0 Å². The van der Waals surface area contributed by atoms with Crippen LogP contribution in [0.25, 0.3) is 0 Å². The zero-order valence-electron chi connectivity index (χ0n) is 12.7. The number of nitrogens with two attached hydrogens (primary N) is 1. The molecule has 20 heavy (non-hydrogen) atoms. The van der Waals surface area contributed by atoms with E-state index in [0.29, 0.717) is 24.6 Å². The molecular weight excluding hydrogens is 318 g/mol. The first kappa shape index (κ1) is 17.4. The lowest BCUT2D eigenvalue weighted by atomic mass is 9.93. The van der Waals surface area contributed by atoms with Crippen molar-refractivity contribution in [2.45, 2.75) is 58.9 Å². The Morgan fingerprint density at radius 3 is 2.65 bits per heavy atom. The van der Waals surface area contributed by atoms with Gasteiger partial charge in [-0.15, -0.1) is 0 Å². The van der Waals surface area contributed by atoms with Crippen LogP contribution in [0.4, 0.5) is 0 Å². The van der Waals surface area contributed by atoms with Crippen LogP contribution in [-0.2, 0) is 0 Å². The lowest BCUT2D eigenvalue weighted by molar-refractivity contribution is 0.0959. The third kappa shape index (κ3) is 4.70. The molecule has 0 radical (unpaired) electrons. The van der Waals surface area contributed by atoms with Crippen LogP contribution < -0.4 is 5.73 Å². The lowest BCUT2D eigenvalue weighted by Crippen LogP contribution is -2.15. The summed E-state index contributed by atoms with van der Waals surface area (Å²) < 4.78 is 2.59. The molecule has 1 unspecified atom stereocenters. The summed E-state index contributed by atoms with van der Waals surface area (Å²) in [4.78, 5) is 12.4. The number of halogens is 1. The summed E-state index contributed by atoms with van der Waals surface area (Å²) in [5.74, 6) is 0.726. The fourth-order valence-electron chi connectivity index (χ4n) is 2.52. The molecule has 0 spiro atoms. The Kier molecular flexibility index (Phi) is 7.45. The zero-order chi connectivity index (χ0) is 15.1. The van der Waals surface area contributed by atoms with Gasteiger partial charge in [-0.05, 0) is 55.1 Å². The monoisotopic (exact) mass is 343 g/mol. The number of hydrogen-bond donors (Lipinski definition) is 1. The third-order valence-corrected chi connectivity index (χ3v) is 4.14. The van der Waals surface area contributed by atoms with Gasteiger partial charge in [0.15, 0.2) is 5.78 Å². The van der Waals surface area contributed by atoms with Gasteiger partial charge in [-0.25, -0.2) is 0 Å². The highest BCUT2D eigenvalue weighted by molar-refractivity contribution is 9.10. The largest absolute Gasteiger partial charge is 0.330 e. The number of nitrogens with zero attached hydrogens (tertiary/aromatic N) is 2. The maximum absolute atomic E-state index is 12.4. The van der Waals surface area contributed by atoms with Gasteiger partial charge < -0.3 is 5.73 Å². The second-order valence-corrected chi connectivity index (χ2v) is 6.43. The Bertz CT molecular complexity index is 423.